The Morgan fingerprint density at radius 1 is 1.21 bits per heavy atom. The molecule has 2 amide bonds. The molecule has 1 aromatic carbocycles. The average molecular weight is 332 g/mol. The Balaban J connectivity index is 1.98. The van der Waals surface area contributed by atoms with Crippen molar-refractivity contribution in [3.05, 3.63) is 35.9 Å². The van der Waals surface area contributed by atoms with Gasteiger partial charge in [-0.1, -0.05) is 25.1 Å². The second-order valence-electron chi connectivity index (χ2n) is 7.54. The normalized spacial score (nSPS) is 21.3. The topological polar surface area (TPSA) is 49.9 Å². The molecule has 1 aromatic rings. The van der Waals surface area contributed by atoms with E-state index in [1.54, 1.807) is 4.90 Å². The lowest BCUT2D eigenvalue weighted by molar-refractivity contribution is 0.00737. The fourth-order valence-electron chi connectivity index (χ4n) is 3.14. The van der Waals surface area contributed by atoms with Gasteiger partial charge >= 0.3 is 6.09 Å². The van der Waals surface area contributed by atoms with Crippen LogP contribution in [0.25, 0.3) is 0 Å². The zero-order valence-corrected chi connectivity index (χ0v) is 15.3. The molecule has 0 radical (unpaired) electrons. The predicted octanol–water partition coefficient (Wildman–Crippen LogP) is 3.40. The zero-order valence-electron chi connectivity index (χ0n) is 15.3. The maximum absolute atomic E-state index is 12.6. The molecule has 132 valence electrons. The number of likely N-dealkylation sites (tertiary alicyclic amines) is 1. The van der Waals surface area contributed by atoms with Crippen LogP contribution in [0.15, 0.2) is 30.3 Å². The molecule has 0 bridgehead atoms. The predicted molar refractivity (Wildman–Crippen MR) is 93.9 cm³/mol. The van der Waals surface area contributed by atoms with Crippen LogP contribution in [0.3, 0.4) is 0 Å². The Hall–Kier alpha value is -2.04. The van der Waals surface area contributed by atoms with Gasteiger partial charge in [0.1, 0.15) is 5.60 Å². The van der Waals surface area contributed by atoms with Crippen molar-refractivity contribution >= 4 is 12.0 Å². The minimum Gasteiger partial charge on any atom is -0.444 e. The van der Waals surface area contributed by atoms with Gasteiger partial charge in [-0.25, -0.2) is 4.79 Å². The Bertz CT molecular complexity index is 580. The molecule has 0 N–H and O–H groups in total. The minimum atomic E-state index is -0.489. The summed E-state index contributed by atoms with van der Waals surface area (Å²) >= 11 is 0. The van der Waals surface area contributed by atoms with Gasteiger partial charge in [0.15, 0.2) is 0 Å². The molecule has 2 unspecified atom stereocenters. The van der Waals surface area contributed by atoms with E-state index in [0.29, 0.717) is 18.7 Å². The summed E-state index contributed by atoms with van der Waals surface area (Å²) in [5.74, 6) is 0.224. The first-order valence-electron chi connectivity index (χ1n) is 8.49. The molecule has 5 heteroatoms. The van der Waals surface area contributed by atoms with Gasteiger partial charge in [0.05, 0.1) is 0 Å². The van der Waals surface area contributed by atoms with Gasteiger partial charge in [0.25, 0.3) is 5.91 Å². The highest BCUT2D eigenvalue weighted by molar-refractivity contribution is 5.94. The number of nitrogens with zero attached hydrogens (tertiary/aromatic N) is 2. The third-order valence-electron chi connectivity index (χ3n) is 4.35. The maximum atomic E-state index is 12.6. The van der Waals surface area contributed by atoms with E-state index in [9.17, 15) is 9.59 Å². The first kappa shape index (κ1) is 18.3. The molecule has 1 aliphatic heterocycles. The molecular weight excluding hydrogens is 304 g/mol. The SMILES string of the molecule is CC1CN(C(=O)OC(C)(C)C)CCC1N(C)C(=O)c1ccccc1. The van der Waals surface area contributed by atoms with Crippen LogP contribution < -0.4 is 0 Å². The number of carbonyl (C=O) groups is 2. The highest BCUT2D eigenvalue weighted by Gasteiger charge is 2.34. The molecule has 24 heavy (non-hydrogen) atoms. The Labute approximate surface area is 144 Å². The fourth-order valence-corrected chi connectivity index (χ4v) is 3.14. The van der Waals surface area contributed by atoms with Crippen LogP contribution in [0.4, 0.5) is 4.79 Å². The van der Waals surface area contributed by atoms with Gasteiger partial charge in [-0.05, 0) is 45.2 Å². The standard InChI is InChI=1S/C19H28N2O3/c1-14-13-21(18(23)24-19(2,3)4)12-11-16(14)20(5)17(22)15-9-7-6-8-10-15/h6-10,14,16H,11-13H2,1-5H3. The highest BCUT2D eigenvalue weighted by atomic mass is 16.6. The molecule has 1 aliphatic rings. The van der Waals surface area contributed by atoms with Crippen LogP contribution in [0, 0.1) is 5.92 Å². The van der Waals surface area contributed by atoms with Crippen molar-refractivity contribution in [2.45, 2.75) is 45.8 Å². The van der Waals surface area contributed by atoms with E-state index in [2.05, 4.69) is 6.92 Å². The van der Waals surface area contributed by atoms with Gasteiger partial charge in [0, 0.05) is 31.7 Å². The number of rotatable bonds is 2. The molecule has 0 aromatic heterocycles. The molecule has 1 saturated heterocycles. The molecule has 0 aliphatic carbocycles. The number of carbonyl (C=O) groups excluding carboxylic acids is 2. The first-order valence-corrected chi connectivity index (χ1v) is 8.49. The van der Waals surface area contributed by atoms with Crippen LogP contribution in [0.2, 0.25) is 0 Å². The van der Waals surface area contributed by atoms with Crippen molar-refractivity contribution in [2.75, 3.05) is 20.1 Å². The Kier molecular flexibility index (Phi) is 5.52. The quantitative estimate of drug-likeness (QED) is 0.834. The summed E-state index contributed by atoms with van der Waals surface area (Å²) in [4.78, 5) is 28.4. The number of benzene rings is 1. The number of hydrogen-bond donors (Lipinski definition) is 0. The lowest BCUT2D eigenvalue weighted by atomic mass is 9.92. The van der Waals surface area contributed by atoms with Crippen molar-refractivity contribution in [1.29, 1.82) is 0 Å². The smallest absolute Gasteiger partial charge is 0.410 e. The largest absolute Gasteiger partial charge is 0.444 e. The highest BCUT2D eigenvalue weighted by Crippen LogP contribution is 2.24. The second-order valence-corrected chi connectivity index (χ2v) is 7.54. The molecular formula is C19H28N2O3. The van der Waals surface area contributed by atoms with Crippen molar-refractivity contribution in [3.8, 4) is 0 Å². The zero-order chi connectivity index (χ0) is 17.9. The minimum absolute atomic E-state index is 0.0261. The summed E-state index contributed by atoms with van der Waals surface area (Å²) in [6.07, 6.45) is 0.486. The van der Waals surface area contributed by atoms with Gasteiger partial charge < -0.3 is 14.5 Å². The maximum Gasteiger partial charge on any atom is 0.410 e. The van der Waals surface area contributed by atoms with Crippen molar-refractivity contribution in [2.24, 2.45) is 5.92 Å². The lowest BCUT2D eigenvalue weighted by Crippen LogP contribution is -2.52. The van der Waals surface area contributed by atoms with Crippen molar-refractivity contribution in [1.82, 2.24) is 9.80 Å². The molecule has 0 saturated carbocycles. The third-order valence-corrected chi connectivity index (χ3v) is 4.35. The average Bonchev–Trinajstić information content (AvgIpc) is 2.52. The number of piperidine rings is 1. The third kappa shape index (κ3) is 4.49. The summed E-state index contributed by atoms with van der Waals surface area (Å²) in [7, 11) is 1.85. The van der Waals surface area contributed by atoms with Crippen LogP contribution >= 0.6 is 0 Å². The van der Waals surface area contributed by atoms with E-state index in [4.69, 9.17) is 4.74 Å². The lowest BCUT2D eigenvalue weighted by Gasteiger charge is -2.41. The van der Waals surface area contributed by atoms with E-state index in [1.807, 2.05) is 63.1 Å². The number of hydrogen-bond acceptors (Lipinski definition) is 3. The van der Waals surface area contributed by atoms with Gasteiger partial charge in [-0.3, -0.25) is 4.79 Å². The summed E-state index contributed by atoms with van der Waals surface area (Å²) < 4.78 is 5.44. The molecule has 1 heterocycles. The second kappa shape index (κ2) is 7.24. The van der Waals surface area contributed by atoms with Gasteiger partial charge in [-0.15, -0.1) is 0 Å². The first-order chi connectivity index (χ1) is 11.2. The summed E-state index contributed by atoms with van der Waals surface area (Å²) in [6.45, 7) is 8.90. The van der Waals surface area contributed by atoms with Crippen LogP contribution in [0.5, 0.6) is 0 Å². The van der Waals surface area contributed by atoms with E-state index >= 15 is 0 Å². The van der Waals surface area contributed by atoms with Crippen LogP contribution in [0.1, 0.15) is 44.5 Å². The van der Waals surface area contributed by atoms with Crippen LogP contribution in [-0.2, 0) is 4.74 Å². The van der Waals surface area contributed by atoms with Crippen LogP contribution in [-0.4, -0.2) is 53.6 Å². The van der Waals surface area contributed by atoms with E-state index in [1.165, 1.54) is 0 Å². The van der Waals surface area contributed by atoms with Crippen molar-refractivity contribution < 1.29 is 14.3 Å². The van der Waals surface area contributed by atoms with Gasteiger partial charge in [-0.2, -0.15) is 0 Å². The molecule has 0 spiro atoms. The fraction of sp³-hybridized carbons (Fsp3) is 0.579. The number of amides is 2. The van der Waals surface area contributed by atoms with Gasteiger partial charge in [0.2, 0.25) is 0 Å². The monoisotopic (exact) mass is 332 g/mol. The molecule has 1 fully saturated rings. The molecule has 2 atom stereocenters. The Morgan fingerprint density at radius 2 is 1.83 bits per heavy atom. The van der Waals surface area contributed by atoms with E-state index in [0.717, 1.165) is 6.42 Å². The molecule has 5 nitrogen and oxygen atoms in total. The number of ether oxygens (including phenoxy) is 1. The van der Waals surface area contributed by atoms with E-state index < -0.39 is 5.60 Å². The van der Waals surface area contributed by atoms with E-state index in [-0.39, 0.29) is 24.0 Å². The Morgan fingerprint density at radius 3 is 2.38 bits per heavy atom. The summed E-state index contributed by atoms with van der Waals surface area (Å²) in [5.41, 5.74) is 0.207. The van der Waals surface area contributed by atoms with Crippen molar-refractivity contribution in [3.63, 3.8) is 0 Å². The summed E-state index contributed by atoms with van der Waals surface area (Å²) in [5, 5.41) is 0. The molecule has 2 rings (SSSR count). The summed E-state index contributed by atoms with van der Waals surface area (Å²) in [6, 6.07) is 9.43.